The molecule has 0 bridgehead atoms. The number of amidine groups is 2. The van der Waals surface area contributed by atoms with Crippen molar-refractivity contribution < 1.29 is 0 Å². The van der Waals surface area contributed by atoms with Crippen LogP contribution in [0.25, 0.3) is 16.8 Å². The van der Waals surface area contributed by atoms with Crippen LogP contribution in [0.2, 0.25) is 0 Å². The molecule has 2 aliphatic rings. The van der Waals surface area contributed by atoms with Crippen LogP contribution >= 0.6 is 11.8 Å². The molecule has 140 valence electrons. The minimum Gasteiger partial charge on any atom is -0.303 e. The second kappa shape index (κ2) is 6.99. The maximum Gasteiger partial charge on any atom is 0.171 e. The number of benzene rings is 2. The number of fused-ring (bicyclic) bond motifs is 3. The third-order valence-electron chi connectivity index (χ3n) is 5.15. The standard InChI is InChI=1S/C23H22N4S/c1-3-28-23-25-22-20(21-24-13-14-26(21)23)19(17-7-5-4-6-8-17)15-27(22)18-11-9-16(2)10-12-18/h4-12,15H,3,13-14H2,1-2H3. The van der Waals surface area contributed by atoms with E-state index in [2.05, 4.69) is 84.1 Å². The van der Waals surface area contributed by atoms with Crippen LogP contribution in [0.15, 0.2) is 70.8 Å². The highest BCUT2D eigenvalue weighted by molar-refractivity contribution is 8.13. The topological polar surface area (TPSA) is 32.9 Å². The van der Waals surface area contributed by atoms with Gasteiger partial charge in [-0.15, -0.1) is 0 Å². The van der Waals surface area contributed by atoms with Crippen molar-refractivity contribution >= 4 is 28.6 Å². The average molecular weight is 387 g/mol. The lowest BCUT2D eigenvalue weighted by Gasteiger charge is -2.26. The van der Waals surface area contributed by atoms with Crippen LogP contribution in [-0.2, 0) is 0 Å². The van der Waals surface area contributed by atoms with Crippen molar-refractivity contribution in [2.24, 2.45) is 9.98 Å². The summed E-state index contributed by atoms with van der Waals surface area (Å²) in [5.41, 5.74) is 5.91. The van der Waals surface area contributed by atoms with E-state index < -0.39 is 0 Å². The predicted octanol–water partition coefficient (Wildman–Crippen LogP) is 5.27. The molecule has 0 aliphatic carbocycles. The molecule has 0 saturated heterocycles. The lowest BCUT2D eigenvalue weighted by molar-refractivity contribution is 0.673. The fraction of sp³-hybridized carbons (Fsp3) is 0.217. The SMILES string of the molecule is CCSC1=Nc2c(c(-c3ccccc3)cn2-c2ccc(C)cc2)C2=NCCN12. The first-order valence-electron chi connectivity index (χ1n) is 9.68. The summed E-state index contributed by atoms with van der Waals surface area (Å²) in [6.45, 7) is 6.01. The second-order valence-corrected chi connectivity index (χ2v) is 8.23. The normalized spacial score (nSPS) is 15.1. The molecule has 0 unspecified atom stereocenters. The number of hydrogen-bond donors (Lipinski definition) is 0. The number of aromatic nitrogens is 1. The Balaban J connectivity index is 1.78. The molecule has 5 rings (SSSR count). The van der Waals surface area contributed by atoms with E-state index in [1.807, 2.05) is 0 Å². The lowest BCUT2D eigenvalue weighted by Crippen LogP contribution is -2.35. The molecule has 3 heterocycles. The Labute approximate surface area is 169 Å². The first-order valence-corrected chi connectivity index (χ1v) is 10.7. The summed E-state index contributed by atoms with van der Waals surface area (Å²) in [5, 5.41) is 1.05. The van der Waals surface area contributed by atoms with Gasteiger partial charge in [-0.3, -0.25) is 4.99 Å². The zero-order valence-corrected chi connectivity index (χ0v) is 16.9. The Bertz CT molecular complexity index is 1080. The smallest absolute Gasteiger partial charge is 0.171 e. The van der Waals surface area contributed by atoms with Gasteiger partial charge in [-0.05, 0) is 30.4 Å². The first-order chi connectivity index (χ1) is 13.8. The fourth-order valence-corrected chi connectivity index (χ4v) is 4.55. The maximum absolute atomic E-state index is 5.11. The summed E-state index contributed by atoms with van der Waals surface area (Å²) in [6.07, 6.45) is 2.22. The Morgan fingerprint density at radius 3 is 2.57 bits per heavy atom. The van der Waals surface area contributed by atoms with E-state index in [4.69, 9.17) is 9.98 Å². The van der Waals surface area contributed by atoms with E-state index in [0.29, 0.717) is 0 Å². The molecule has 0 fully saturated rings. The average Bonchev–Trinajstić information content (AvgIpc) is 3.34. The van der Waals surface area contributed by atoms with Crippen LogP contribution in [0.5, 0.6) is 0 Å². The zero-order chi connectivity index (χ0) is 19.1. The Morgan fingerprint density at radius 2 is 1.82 bits per heavy atom. The van der Waals surface area contributed by atoms with Crippen LogP contribution in [0.4, 0.5) is 5.82 Å². The highest BCUT2D eigenvalue weighted by Crippen LogP contribution is 2.41. The molecular formula is C23H22N4S. The van der Waals surface area contributed by atoms with Crippen molar-refractivity contribution in [3.63, 3.8) is 0 Å². The Kier molecular flexibility index (Phi) is 4.32. The van der Waals surface area contributed by atoms with E-state index in [-0.39, 0.29) is 0 Å². The summed E-state index contributed by atoms with van der Waals surface area (Å²) in [5.74, 6) is 3.04. The van der Waals surface area contributed by atoms with Crippen molar-refractivity contribution in [1.82, 2.24) is 9.47 Å². The van der Waals surface area contributed by atoms with Crippen LogP contribution < -0.4 is 0 Å². The Hall–Kier alpha value is -2.79. The molecule has 0 radical (unpaired) electrons. The zero-order valence-electron chi connectivity index (χ0n) is 16.1. The third kappa shape index (κ3) is 2.78. The van der Waals surface area contributed by atoms with Crippen molar-refractivity contribution in [1.29, 1.82) is 0 Å². The van der Waals surface area contributed by atoms with Crippen molar-refractivity contribution in [2.45, 2.75) is 13.8 Å². The van der Waals surface area contributed by atoms with Gasteiger partial charge >= 0.3 is 0 Å². The molecule has 4 nitrogen and oxygen atoms in total. The van der Waals surface area contributed by atoms with Gasteiger partial charge in [0.05, 0.1) is 12.1 Å². The number of aliphatic imine (C=N–C) groups is 2. The molecule has 0 N–H and O–H groups in total. The highest BCUT2D eigenvalue weighted by atomic mass is 32.2. The quantitative estimate of drug-likeness (QED) is 0.614. The van der Waals surface area contributed by atoms with Gasteiger partial charge < -0.3 is 9.47 Å². The van der Waals surface area contributed by atoms with Crippen molar-refractivity contribution in [3.05, 3.63) is 71.9 Å². The number of nitrogens with zero attached hydrogens (tertiary/aromatic N) is 4. The lowest BCUT2D eigenvalue weighted by atomic mass is 10.0. The van der Waals surface area contributed by atoms with E-state index in [1.54, 1.807) is 11.8 Å². The molecule has 0 saturated carbocycles. The molecule has 2 aliphatic heterocycles. The first kappa shape index (κ1) is 17.3. The molecule has 0 amide bonds. The maximum atomic E-state index is 5.11. The van der Waals surface area contributed by atoms with E-state index in [1.165, 1.54) is 16.7 Å². The van der Waals surface area contributed by atoms with Gasteiger partial charge in [0.25, 0.3) is 0 Å². The van der Waals surface area contributed by atoms with Gasteiger partial charge in [0.1, 0.15) is 5.84 Å². The van der Waals surface area contributed by atoms with Gasteiger partial charge in [-0.25, -0.2) is 4.99 Å². The summed E-state index contributed by atoms with van der Waals surface area (Å²) >= 11 is 1.79. The summed E-state index contributed by atoms with van der Waals surface area (Å²) in [7, 11) is 0. The van der Waals surface area contributed by atoms with Crippen LogP contribution in [-0.4, -0.2) is 39.3 Å². The molecule has 5 heteroatoms. The van der Waals surface area contributed by atoms with Crippen molar-refractivity contribution in [3.8, 4) is 16.8 Å². The van der Waals surface area contributed by atoms with Crippen LogP contribution in [0, 0.1) is 6.92 Å². The van der Waals surface area contributed by atoms with Gasteiger partial charge in [-0.1, -0.05) is 66.7 Å². The molecule has 2 aromatic carbocycles. The van der Waals surface area contributed by atoms with E-state index >= 15 is 0 Å². The summed E-state index contributed by atoms with van der Waals surface area (Å²) in [6, 6.07) is 19.2. The van der Waals surface area contributed by atoms with E-state index in [0.717, 1.165) is 46.9 Å². The van der Waals surface area contributed by atoms with Crippen molar-refractivity contribution in [2.75, 3.05) is 18.8 Å². The number of thioether (sulfide) groups is 1. The van der Waals surface area contributed by atoms with Crippen LogP contribution in [0.3, 0.4) is 0 Å². The Morgan fingerprint density at radius 1 is 1.04 bits per heavy atom. The minimum absolute atomic E-state index is 0.821. The predicted molar refractivity (Wildman–Crippen MR) is 119 cm³/mol. The number of aryl methyl sites for hydroxylation is 1. The monoisotopic (exact) mass is 386 g/mol. The second-order valence-electron chi connectivity index (χ2n) is 7.00. The molecular weight excluding hydrogens is 364 g/mol. The number of rotatable bonds is 3. The molecule has 0 atom stereocenters. The molecule has 3 aromatic rings. The largest absolute Gasteiger partial charge is 0.303 e. The minimum atomic E-state index is 0.821. The number of hydrogen-bond acceptors (Lipinski definition) is 4. The summed E-state index contributed by atoms with van der Waals surface area (Å²) < 4.78 is 2.21. The molecule has 1 aromatic heterocycles. The van der Waals surface area contributed by atoms with E-state index in [9.17, 15) is 0 Å². The molecule has 0 spiro atoms. The van der Waals surface area contributed by atoms with Gasteiger partial charge in [-0.2, -0.15) is 0 Å². The third-order valence-corrected chi connectivity index (χ3v) is 6.01. The highest BCUT2D eigenvalue weighted by Gasteiger charge is 2.34. The van der Waals surface area contributed by atoms with Gasteiger partial charge in [0.15, 0.2) is 11.0 Å². The fourth-order valence-electron chi connectivity index (χ4n) is 3.80. The van der Waals surface area contributed by atoms with Gasteiger partial charge in [0.2, 0.25) is 0 Å². The van der Waals surface area contributed by atoms with Gasteiger partial charge in [0, 0.05) is 24.0 Å². The summed E-state index contributed by atoms with van der Waals surface area (Å²) in [4.78, 5) is 12.3. The molecule has 28 heavy (non-hydrogen) atoms. The van der Waals surface area contributed by atoms with Crippen LogP contribution in [0.1, 0.15) is 18.1 Å².